The predicted octanol–water partition coefficient (Wildman–Crippen LogP) is 2.21. The second-order valence-electron chi connectivity index (χ2n) is 3.69. The Morgan fingerprint density at radius 3 is 2.20 bits per heavy atom. The van der Waals surface area contributed by atoms with Crippen LogP contribution in [0.3, 0.4) is 0 Å². The van der Waals surface area contributed by atoms with Gasteiger partial charge in [0.1, 0.15) is 5.82 Å². The van der Waals surface area contributed by atoms with Crippen molar-refractivity contribution in [2.45, 2.75) is 18.9 Å². The van der Waals surface area contributed by atoms with Crippen molar-refractivity contribution in [2.24, 2.45) is 0 Å². The summed E-state index contributed by atoms with van der Waals surface area (Å²) in [5.41, 5.74) is 1.04. The van der Waals surface area contributed by atoms with Crippen LogP contribution >= 0.6 is 12.4 Å². The summed E-state index contributed by atoms with van der Waals surface area (Å²) in [4.78, 5) is 2.17. The van der Waals surface area contributed by atoms with Gasteiger partial charge in [0.15, 0.2) is 0 Å². The SMILES string of the molecule is Cl.OC1CCN(c2ccc(F)cc2)CC1. The van der Waals surface area contributed by atoms with E-state index in [2.05, 4.69) is 4.90 Å². The Balaban J connectivity index is 0.00000112. The highest BCUT2D eigenvalue weighted by Gasteiger charge is 2.16. The summed E-state index contributed by atoms with van der Waals surface area (Å²) in [5.74, 6) is -0.203. The Labute approximate surface area is 95.1 Å². The van der Waals surface area contributed by atoms with Crippen LogP contribution in [0.5, 0.6) is 0 Å². The molecule has 0 aromatic heterocycles. The zero-order chi connectivity index (χ0) is 9.97. The number of benzene rings is 1. The fourth-order valence-electron chi connectivity index (χ4n) is 1.78. The molecular weight excluding hydrogens is 217 g/mol. The molecule has 0 amide bonds. The molecule has 0 radical (unpaired) electrons. The van der Waals surface area contributed by atoms with Gasteiger partial charge in [0, 0.05) is 18.8 Å². The monoisotopic (exact) mass is 231 g/mol. The second-order valence-corrected chi connectivity index (χ2v) is 3.69. The van der Waals surface area contributed by atoms with Crippen molar-refractivity contribution in [3.05, 3.63) is 30.1 Å². The first-order valence-corrected chi connectivity index (χ1v) is 4.94. The Morgan fingerprint density at radius 1 is 1.13 bits per heavy atom. The number of hydrogen-bond acceptors (Lipinski definition) is 2. The van der Waals surface area contributed by atoms with Crippen molar-refractivity contribution in [2.75, 3.05) is 18.0 Å². The van der Waals surface area contributed by atoms with E-state index < -0.39 is 0 Å². The largest absolute Gasteiger partial charge is 0.393 e. The van der Waals surface area contributed by atoms with Gasteiger partial charge in [-0.2, -0.15) is 0 Å². The van der Waals surface area contributed by atoms with Crippen LogP contribution in [-0.4, -0.2) is 24.3 Å². The number of rotatable bonds is 1. The fraction of sp³-hybridized carbons (Fsp3) is 0.455. The van der Waals surface area contributed by atoms with Crippen LogP contribution in [0.2, 0.25) is 0 Å². The minimum atomic E-state index is -0.203. The maximum Gasteiger partial charge on any atom is 0.123 e. The number of aliphatic hydroxyl groups excluding tert-OH is 1. The summed E-state index contributed by atoms with van der Waals surface area (Å²) in [7, 11) is 0. The van der Waals surface area contributed by atoms with E-state index in [1.807, 2.05) is 0 Å². The molecule has 0 unspecified atom stereocenters. The molecule has 0 saturated carbocycles. The van der Waals surface area contributed by atoms with Gasteiger partial charge < -0.3 is 10.0 Å². The molecule has 1 aromatic rings. The van der Waals surface area contributed by atoms with Gasteiger partial charge in [0.05, 0.1) is 6.10 Å². The second kappa shape index (κ2) is 5.33. The van der Waals surface area contributed by atoms with E-state index in [1.165, 1.54) is 12.1 Å². The third kappa shape index (κ3) is 3.08. The normalized spacial score (nSPS) is 17.3. The smallest absolute Gasteiger partial charge is 0.123 e. The topological polar surface area (TPSA) is 23.5 Å². The standard InChI is InChI=1S/C11H14FNO.ClH/c12-9-1-3-10(4-2-9)13-7-5-11(14)6-8-13;/h1-4,11,14H,5-8H2;1H. The van der Waals surface area contributed by atoms with Crippen LogP contribution in [0.15, 0.2) is 24.3 Å². The van der Waals surface area contributed by atoms with Gasteiger partial charge in [-0.1, -0.05) is 0 Å². The zero-order valence-electron chi connectivity index (χ0n) is 8.40. The van der Waals surface area contributed by atoms with Crippen molar-refractivity contribution in [3.63, 3.8) is 0 Å². The van der Waals surface area contributed by atoms with E-state index >= 15 is 0 Å². The highest BCUT2D eigenvalue weighted by molar-refractivity contribution is 5.85. The van der Waals surface area contributed by atoms with Crippen LogP contribution in [0.4, 0.5) is 10.1 Å². The van der Waals surface area contributed by atoms with Gasteiger partial charge >= 0.3 is 0 Å². The summed E-state index contributed by atoms with van der Waals surface area (Å²) in [6.45, 7) is 1.71. The van der Waals surface area contributed by atoms with Gasteiger partial charge in [0.2, 0.25) is 0 Å². The van der Waals surface area contributed by atoms with Gasteiger partial charge in [-0.15, -0.1) is 12.4 Å². The number of aliphatic hydroxyl groups is 1. The average Bonchev–Trinajstić information content (AvgIpc) is 2.21. The van der Waals surface area contributed by atoms with Gasteiger partial charge in [0.25, 0.3) is 0 Å². The van der Waals surface area contributed by atoms with Crippen molar-refractivity contribution in [3.8, 4) is 0 Å². The number of anilines is 1. The van der Waals surface area contributed by atoms with Crippen LogP contribution in [0.25, 0.3) is 0 Å². The van der Waals surface area contributed by atoms with Crippen molar-refractivity contribution < 1.29 is 9.50 Å². The molecule has 1 aromatic carbocycles. The summed E-state index contributed by atoms with van der Waals surface area (Å²) >= 11 is 0. The molecule has 1 aliphatic rings. The van der Waals surface area contributed by atoms with Gasteiger partial charge in [-0.05, 0) is 37.1 Å². The molecule has 4 heteroatoms. The molecule has 2 nitrogen and oxygen atoms in total. The molecule has 0 spiro atoms. The van der Waals surface area contributed by atoms with Crippen LogP contribution < -0.4 is 4.90 Å². The van der Waals surface area contributed by atoms with Crippen LogP contribution in [-0.2, 0) is 0 Å². The minimum absolute atomic E-state index is 0. The molecule has 15 heavy (non-hydrogen) atoms. The Kier molecular flexibility index (Phi) is 4.36. The lowest BCUT2D eigenvalue weighted by Gasteiger charge is -2.31. The maximum absolute atomic E-state index is 12.7. The van der Waals surface area contributed by atoms with E-state index in [1.54, 1.807) is 12.1 Å². The number of nitrogens with zero attached hydrogens (tertiary/aromatic N) is 1. The van der Waals surface area contributed by atoms with Crippen LogP contribution in [0.1, 0.15) is 12.8 Å². The lowest BCUT2D eigenvalue weighted by atomic mass is 10.1. The van der Waals surface area contributed by atoms with E-state index in [0.717, 1.165) is 31.6 Å². The first kappa shape index (κ1) is 12.3. The van der Waals surface area contributed by atoms with E-state index in [-0.39, 0.29) is 24.3 Å². The summed E-state index contributed by atoms with van der Waals surface area (Å²) in [5, 5.41) is 9.33. The quantitative estimate of drug-likeness (QED) is 0.801. The van der Waals surface area contributed by atoms with Crippen LogP contribution in [0, 0.1) is 5.82 Å². The van der Waals surface area contributed by atoms with E-state index in [9.17, 15) is 9.50 Å². The zero-order valence-corrected chi connectivity index (χ0v) is 9.21. The van der Waals surface area contributed by atoms with E-state index in [4.69, 9.17) is 0 Å². The third-order valence-electron chi connectivity index (χ3n) is 2.66. The van der Waals surface area contributed by atoms with Crippen molar-refractivity contribution >= 4 is 18.1 Å². The highest BCUT2D eigenvalue weighted by atomic mass is 35.5. The van der Waals surface area contributed by atoms with Gasteiger partial charge in [-0.25, -0.2) is 4.39 Å². The molecule has 0 bridgehead atoms. The molecule has 0 aliphatic carbocycles. The van der Waals surface area contributed by atoms with Crippen molar-refractivity contribution in [1.82, 2.24) is 0 Å². The minimum Gasteiger partial charge on any atom is -0.393 e. The number of hydrogen-bond donors (Lipinski definition) is 1. The molecular formula is C11H15ClFNO. The fourth-order valence-corrected chi connectivity index (χ4v) is 1.78. The molecule has 1 saturated heterocycles. The first-order valence-electron chi connectivity index (χ1n) is 4.94. The lowest BCUT2D eigenvalue weighted by Crippen LogP contribution is -2.35. The molecule has 1 N–H and O–H groups in total. The molecule has 1 aliphatic heterocycles. The Bertz CT molecular complexity index is 296. The highest BCUT2D eigenvalue weighted by Crippen LogP contribution is 2.19. The van der Waals surface area contributed by atoms with Crippen molar-refractivity contribution in [1.29, 1.82) is 0 Å². The number of piperidine rings is 1. The van der Waals surface area contributed by atoms with E-state index in [0.29, 0.717) is 0 Å². The predicted molar refractivity (Wildman–Crippen MR) is 61.1 cm³/mol. The number of halogens is 2. The molecule has 1 heterocycles. The molecule has 0 atom stereocenters. The molecule has 84 valence electrons. The summed E-state index contributed by atoms with van der Waals surface area (Å²) in [6, 6.07) is 6.51. The Morgan fingerprint density at radius 2 is 1.67 bits per heavy atom. The molecule has 2 rings (SSSR count). The Hall–Kier alpha value is -0.800. The maximum atomic E-state index is 12.7. The third-order valence-corrected chi connectivity index (χ3v) is 2.66. The van der Waals surface area contributed by atoms with Gasteiger partial charge in [-0.3, -0.25) is 0 Å². The summed E-state index contributed by atoms with van der Waals surface area (Å²) in [6.07, 6.45) is 1.45. The summed E-state index contributed by atoms with van der Waals surface area (Å²) < 4.78 is 12.7. The molecule has 1 fully saturated rings. The lowest BCUT2D eigenvalue weighted by molar-refractivity contribution is 0.145. The first-order chi connectivity index (χ1) is 6.75. The average molecular weight is 232 g/mol.